The van der Waals surface area contributed by atoms with Crippen molar-refractivity contribution in [2.45, 2.75) is 51.3 Å². The molecule has 1 aliphatic rings. The molecule has 1 aromatic heterocycles. The molecule has 0 spiro atoms. The van der Waals surface area contributed by atoms with Crippen LogP contribution in [0.15, 0.2) is 35.2 Å². The van der Waals surface area contributed by atoms with E-state index in [0.29, 0.717) is 22.6 Å². The lowest BCUT2D eigenvalue weighted by atomic mass is 9.69. The number of carbonyl (C=O) groups is 1. The minimum Gasteiger partial charge on any atom is -0.316 e. The van der Waals surface area contributed by atoms with Crippen LogP contribution in [0.2, 0.25) is 0 Å². The maximum Gasteiger partial charge on any atom is 0.235 e. The summed E-state index contributed by atoms with van der Waals surface area (Å²) >= 11 is 3.12. The molecule has 27 heavy (non-hydrogen) atoms. The van der Waals surface area contributed by atoms with Gasteiger partial charge in [0.1, 0.15) is 11.1 Å². The van der Waals surface area contributed by atoms with Crippen LogP contribution in [0.4, 0.5) is 5.00 Å². The second-order valence-electron chi connectivity index (χ2n) is 7.75. The lowest BCUT2D eigenvalue weighted by Crippen LogP contribution is -2.28. The maximum atomic E-state index is 12.4. The minimum atomic E-state index is -0.0515. The first-order chi connectivity index (χ1) is 12.9. The van der Waals surface area contributed by atoms with Gasteiger partial charge >= 0.3 is 0 Å². The quantitative estimate of drug-likeness (QED) is 0.617. The van der Waals surface area contributed by atoms with Crippen molar-refractivity contribution in [2.24, 2.45) is 11.3 Å². The SMILES string of the molecule is CCC(C)(C)[C@H]1CCc2c(sc(NC(=O)CSc3ccccc3)c2C#N)C1. The Labute approximate surface area is 170 Å². The first kappa shape index (κ1) is 20.0. The van der Waals surface area contributed by atoms with E-state index >= 15 is 0 Å². The smallest absolute Gasteiger partial charge is 0.235 e. The Bertz CT molecular complexity index is 849. The lowest BCUT2D eigenvalue weighted by Gasteiger charge is -2.36. The molecule has 0 aliphatic heterocycles. The standard InChI is InChI=1S/C22H26N2OS2/c1-4-22(2,3)15-10-11-17-18(13-23)21(27-19(17)12-15)24-20(25)14-26-16-8-6-5-7-9-16/h5-9,15H,4,10-12,14H2,1-3H3,(H,24,25)/t15-/m0/s1. The molecule has 2 aromatic rings. The molecule has 0 fully saturated rings. The number of hydrogen-bond donors (Lipinski definition) is 1. The van der Waals surface area contributed by atoms with Crippen LogP contribution >= 0.6 is 23.1 Å². The van der Waals surface area contributed by atoms with Gasteiger partial charge in [0, 0.05) is 9.77 Å². The Balaban J connectivity index is 1.70. The number of carbonyl (C=O) groups excluding carboxylic acids is 1. The number of amides is 1. The third kappa shape index (κ3) is 4.56. The van der Waals surface area contributed by atoms with Crippen molar-refractivity contribution >= 4 is 34.0 Å². The number of nitriles is 1. The maximum absolute atomic E-state index is 12.4. The summed E-state index contributed by atoms with van der Waals surface area (Å²) in [7, 11) is 0. The second-order valence-corrected chi connectivity index (χ2v) is 9.91. The van der Waals surface area contributed by atoms with Gasteiger partial charge < -0.3 is 5.32 Å². The van der Waals surface area contributed by atoms with Gasteiger partial charge in [-0.2, -0.15) is 5.26 Å². The largest absolute Gasteiger partial charge is 0.316 e. The van der Waals surface area contributed by atoms with E-state index in [1.165, 1.54) is 16.6 Å². The Morgan fingerprint density at radius 3 is 2.78 bits per heavy atom. The molecule has 3 nitrogen and oxygen atoms in total. The molecule has 142 valence electrons. The zero-order valence-electron chi connectivity index (χ0n) is 16.2. The summed E-state index contributed by atoms with van der Waals surface area (Å²) in [5, 5.41) is 13.4. The average Bonchev–Trinajstić information content (AvgIpc) is 3.03. The highest BCUT2D eigenvalue weighted by atomic mass is 32.2. The Kier molecular flexibility index (Phi) is 6.29. The van der Waals surface area contributed by atoms with Crippen molar-refractivity contribution in [3.63, 3.8) is 0 Å². The predicted molar refractivity (Wildman–Crippen MR) is 114 cm³/mol. The van der Waals surface area contributed by atoms with Crippen LogP contribution in [-0.2, 0) is 17.6 Å². The summed E-state index contributed by atoms with van der Waals surface area (Å²) in [6.45, 7) is 6.93. The highest BCUT2D eigenvalue weighted by Crippen LogP contribution is 2.45. The third-order valence-corrected chi connectivity index (χ3v) is 7.94. The average molecular weight is 399 g/mol. The van der Waals surface area contributed by atoms with Gasteiger partial charge in [-0.3, -0.25) is 4.79 Å². The van der Waals surface area contributed by atoms with Crippen molar-refractivity contribution in [3.05, 3.63) is 46.3 Å². The van der Waals surface area contributed by atoms with Gasteiger partial charge in [-0.15, -0.1) is 23.1 Å². The molecular formula is C22H26N2OS2. The van der Waals surface area contributed by atoms with Crippen LogP contribution in [0.25, 0.3) is 0 Å². The number of nitrogens with zero attached hydrogens (tertiary/aromatic N) is 1. The highest BCUT2D eigenvalue weighted by molar-refractivity contribution is 8.00. The second kappa shape index (κ2) is 8.50. The van der Waals surface area contributed by atoms with Gasteiger partial charge in [-0.25, -0.2) is 0 Å². The minimum absolute atomic E-state index is 0.0515. The number of thiophene rings is 1. The molecular weight excluding hydrogens is 372 g/mol. The number of fused-ring (bicyclic) bond motifs is 1. The predicted octanol–water partition coefficient (Wildman–Crippen LogP) is 5.89. The van der Waals surface area contributed by atoms with Crippen molar-refractivity contribution in [1.29, 1.82) is 5.26 Å². The van der Waals surface area contributed by atoms with E-state index in [4.69, 9.17) is 0 Å². The first-order valence-electron chi connectivity index (χ1n) is 9.47. The molecule has 1 atom stereocenters. The lowest BCUT2D eigenvalue weighted by molar-refractivity contribution is -0.113. The van der Waals surface area contributed by atoms with Crippen molar-refractivity contribution in [3.8, 4) is 6.07 Å². The topological polar surface area (TPSA) is 52.9 Å². The van der Waals surface area contributed by atoms with Crippen molar-refractivity contribution < 1.29 is 4.79 Å². The fourth-order valence-corrected chi connectivity index (χ4v) is 5.59. The molecule has 1 amide bonds. The normalized spacial score (nSPS) is 16.4. The van der Waals surface area contributed by atoms with Gasteiger partial charge in [0.15, 0.2) is 0 Å². The number of hydrogen-bond acceptors (Lipinski definition) is 4. The fraction of sp³-hybridized carbons (Fsp3) is 0.455. The van der Waals surface area contributed by atoms with E-state index in [9.17, 15) is 10.1 Å². The van der Waals surface area contributed by atoms with E-state index in [0.717, 1.165) is 41.1 Å². The van der Waals surface area contributed by atoms with Gasteiger partial charge in [0.25, 0.3) is 0 Å². The summed E-state index contributed by atoms with van der Waals surface area (Å²) in [6.07, 6.45) is 4.24. The number of anilines is 1. The highest BCUT2D eigenvalue weighted by Gasteiger charge is 2.34. The van der Waals surface area contributed by atoms with Crippen LogP contribution in [0.5, 0.6) is 0 Å². The van der Waals surface area contributed by atoms with Crippen LogP contribution in [0, 0.1) is 22.7 Å². The number of nitrogens with one attached hydrogen (secondary N) is 1. The molecule has 3 rings (SSSR count). The van der Waals surface area contributed by atoms with Gasteiger partial charge in [0.05, 0.1) is 11.3 Å². The number of thioether (sulfide) groups is 1. The van der Waals surface area contributed by atoms with Crippen LogP contribution < -0.4 is 5.32 Å². The molecule has 0 unspecified atom stereocenters. The van der Waals surface area contributed by atoms with Gasteiger partial charge in [-0.1, -0.05) is 45.4 Å². The number of benzene rings is 1. The monoisotopic (exact) mass is 398 g/mol. The summed E-state index contributed by atoms with van der Waals surface area (Å²) in [5.74, 6) is 0.935. The summed E-state index contributed by atoms with van der Waals surface area (Å²) in [4.78, 5) is 14.8. The van der Waals surface area contributed by atoms with Crippen molar-refractivity contribution in [2.75, 3.05) is 11.1 Å². The molecule has 1 N–H and O–H groups in total. The van der Waals surface area contributed by atoms with Gasteiger partial charge in [-0.05, 0) is 48.3 Å². The molecule has 1 aromatic carbocycles. The third-order valence-electron chi connectivity index (χ3n) is 5.76. The van der Waals surface area contributed by atoms with Crippen molar-refractivity contribution in [1.82, 2.24) is 0 Å². The Morgan fingerprint density at radius 1 is 1.37 bits per heavy atom. The molecule has 1 heterocycles. The van der Waals surface area contributed by atoms with Crippen LogP contribution in [0.1, 0.15) is 49.6 Å². The molecule has 5 heteroatoms. The van der Waals surface area contributed by atoms with Gasteiger partial charge in [0.2, 0.25) is 5.91 Å². The van der Waals surface area contributed by atoms with Crippen LogP contribution in [0.3, 0.4) is 0 Å². The molecule has 0 saturated carbocycles. The zero-order valence-corrected chi connectivity index (χ0v) is 17.8. The zero-order chi connectivity index (χ0) is 19.4. The Morgan fingerprint density at radius 2 is 2.11 bits per heavy atom. The summed E-state index contributed by atoms with van der Waals surface area (Å²) < 4.78 is 0. The molecule has 0 bridgehead atoms. The van der Waals surface area contributed by atoms with E-state index in [1.54, 1.807) is 11.3 Å². The first-order valence-corrected chi connectivity index (χ1v) is 11.3. The van der Waals surface area contributed by atoms with E-state index in [2.05, 4.69) is 32.2 Å². The molecule has 0 saturated heterocycles. The molecule has 0 radical (unpaired) electrons. The number of rotatable bonds is 6. The summed E-state index contributed by atoms with van der Waals surface area (Å²) in [5.41, 5.74) is 2.15. The summed E-state index contributed by atoms with van der Waals surface area (Å²) in [6, 6.07) is 12.2. The fourth-order valence-electron chi connectivity index (χ4n) is 3.58. The molecule has 1 aliphatic carbocycles. The van der Waals surface area contributed by atoms with E-state index in [-0.39, 0.29) is 5.91 Å². The van der Waals surface area contributed by atoms with E-state index < -0.39 is 0 Å². The Hall–Kier alpha value is -1.77. The van der Waals surface area contributed by atoms with E-state index in [1.807, 2.05) is 30.3 Å². The van der Waals surface area contributed by atoms with Crippen LogP contribution in [-0.4, -0.2) is 11.7 Å².